The highest BCUT2D eigenvalue weighted by Crippen LogP contribution is 2.47. The van der Waals surface area contributed by atoms with E-state index >= 15 is 0 Å². The topological polar surface area (TPSA) is 40.5 Å². The van der Waals surface area contributed by atoms with E-state index in [2.05, 4.69) is 25.1 Å². The third-order valence-electron chi connectivity index (χ3n) is 4.96. The number of Topliss-reactive ketones (excluding diaryl/α,β-unsaturated/α-hetero) is 1. The van der Waals surface area contributed by atoms with Crippen LogP contribution in [-0.4, -0.2) is 42.5 Å². The summed E-state index contributed by atoms with van der Waals surface area (Å²) in [6.45, 7) is 2.80. The highest BCUT2D eigenvalue weighted by atomic mass is 16.3. The molecule has 0 heterocycles. The Bertz CT molecular complexity index is 375. The number of rotatable bonds is 7. The number of allylic oxidation sites excluding steroid dienone is 2. The van der Waals surface area contributed by atoms with Gasteiger partial charge in [-0.3, -0.25) is 4.79 Å². The molecule has 2 aliphatic carbocycles. The lowest BCUT2D eigenvalue weighted by Crippen LogP contribution is -2.26. The van der Waals surface area contributed by atoms with Crippen LogP contribution in [0, 0.1) is 17.8 Å². The van der Waals surface area contributed by atoms with Crippen LogP contribution in [0.15, 0.2) is 11.6 Å². The first-order valence-corrected chi connectivity index (χ1v) is 8.02. The number of carbonyl (C=O) groups excluding carboxylic acids is 1. The van der Waals surface area contributed by atoms with Crippen LogP contribution in [0.1, 0.15) is 45.4 Å². The van der Waals surface area contributed by atoms with E-state index in [1.54, 1.807) is 6.92 Å². The monoisotopic (exact) mass is 279 g/mol. The second kappa shape index (κ2) is 6.86. The van der Waals surface area contributed by atoms with Crippen molar-refractivity contribution >= 4 is 5.78 Å². The number of unbranched alkanes of at least 4 members (excludes halogenated alkanes) is 2. The third-order valence-corrected chi connectivity index (χ3v) is 4.96. The summed E-state index contributed by atoms with van der Waals surface area (Å²) in [4.78, 5) is 13.9. The van der Waals surface area contributed by atoms with E-state index in [0.29, 0.717) is 11.8 Å². The fourth-order valence-electron chi connectivity index (χ4n) is 4.01. The second-order valence-electron chi connectivity index (χ2n) is 6.91. The number of fused-ring (bicyclic) bond motifs is 1. The highest BCUT2D eigenvalue weighted by Gasteiger charge is 2.46. The van der Waals surface area contributed by atoms with E-state index in [1.807, 2.05) is 0 Å². The van der Waals surface area contributed by atoms with Gasteiger partial charge in [-0.2, -0.15) is 0 Å². The largest absolute Gasteiger partial charge is 0.392 e. The van der Waals surface area contributed by atoms with Gasteiger partial charge in [-0.05, 0) is 71.5 Å². The lowest BCUT2D eigenvalue weighted by molar-refractivity contribution is -0.124. The zero-order valence-corrected chi connectivity index (χ0v) is 13.1. The van der Waals surface area contributed by atoms with E-state index in [1.165, 1.54) is 37.8 Å². The van der Waals surface area contributed by atoms with Gasteiger partial charge in [0.05, 0.1) is 6.10 Å². The lowest BCUT2D eigenvalue weighted by Gasteiger charge is -2.18. The van der Waals surface area contributed by atoms with E-state index in [-0.39, 0.29) is 11.7 Å². The summed E-state index contributed by atoms with van der Waals surface area (Å²) in [6, 6.07) is 0. The fraction of sp³-hybridized carbons (Fsp3) is 0.824. The molecule has 0 aliphatic heterocycles. The van der Waals surface area contributed by atoms with Crippen molar-refractivity contribution in [2.45, 2.75) is 51.6 Å². The molecule has 2 aliphatic rings. The lowest BCUT2D eigenvalue weighted by atomic mass is 9.87. The fourth-order valence-corrected chi connectivity index (χ4v) is 4.01. The van der Waals surface area contributed by atoms with Gasteiger partial charge in [0.25, 0.3) is 0 Å². The van der Waals surface area contributed by atoms with Gasteiger partial charge in [0, 0.05) is 5.92 Å². The standard InChI is InChI=1S/C17H29NO2/c1-12(19)17-15-10-13(9-14(15)11-16(17)20)7-5-4-6-8-18(2)3/h9,14-17,20H,4-8,10-11H2,1-3H3/t14-,15-,16+,17+/m0/s1. The first kappa shape index (κ1) is 15.7. The molecule has 0 aromatic carbocycles. The minimum atomic E-state index is -0.402. The van der Waals surface area contributed by atoms with Crippen LogP contribution in [0.3, 0.4) is 0 Å². The maximum absolute atomic E-state index is 11.7. The van der Waals surface area contributed by atoms with Crippen molar-refractivity contribution in [2.75, 3.05) is 20.6 Å². The molecule has 20 heavy (non-hydrogen) atoms. The molecule has 0 saturated heterocycles. The van der Waals surface area contributed by atoms with E-state index < -0.39 is 6.10 Å². The molecule has 0 aromatic heterocycles. The summed E-state index contributed by atoms with van der Waals surface area (Å²) in [7, 11) is 4.24. The Kier molecular flexibility index (Phi) is 5.39. The molecular weight excluding hydrogens is 250 g/mol. The summed E-state index contributed by atoms with van der Waals surface area (Å²) in [5, 5.41) is 9.99. The number of aliphatic hydroxyl groups excluding tert-OH is 1. The van der Waals surface area contributed by atoms with Crippen LogP contribution in [0.25, 0.3) is 0 Å². The van der Waals surface area contributed by atoms with Gasteiger partial charge in [-0.25, -0.2) is 0 Å². The molecule has 0 unspecified atom stereocenters. The number of nitrogens with zero attached hydrogens (tertiary/aromatic N) is 1. The first-order valence-electron chi connectivity index (χ1n) is 8.02. The molecule has 0 spiro atoms. The molecule has 0 bridgehead atoms. The zero-order valence-electron chi connectivity index (χ0n) is 13.1. The molecule has 1 fully saturated rings. The van der Waals surface area contributed by atoms with Gasteiger partial charge in [-0.15, -0.1) is 0 Å². The molecular formula is C17H29NO2. The minimum absolute atomic E-state index is 0.109. The van der Waals surface area contributed by atoms with Crippen molar-refractivity contribution < 1.29 is 9.90 Å². The van der Waals surface area contributed by atoms with E-state index in [0.717, 1.165) is 12.8 Å². The Morgan fingerprint density at radius 2 is 2.10 bits per heavy atom. The van der Waals surface area contributed by atoms with Gasteiger partial charge in [-0.1, -0.05) is 18.1 Å². The highest BCUT2D eigenvalue weighted by molar-refractivity contribution is 5.80. The smallest absolute Gasteiger partial charge is 0.135 e. The quantitative estimate of drug-likeness (QED) is 0.575. The molecule has 0 aromatic rings. The average Bonchev–Trinajstić information content (AvgIpc) is 2.83. The van der Waals surface area contributed by atoms with E-state index in [4.69, 9.17) is 0 Å². The third kappa shape index (κ3) is 3.70. The summed E-state index contributed by atoms with van der Waals surface area (Å²) >= 11 is 0. The molecule has 0 amide bonds. The zero-order chi connectivity index (χ0) is 14.7. The summed E-state index contributed by atoms with van der Waals surface area (Å²) in [6.07, 6.45) is 8.78. The number of carbonyl (C=O) groups is 1. The van der Waals surface area contributed by atoms with Crippen LogP contribution < -0.4 is 0 Å². The Balaban J connectivity index is 1.74. The Labute approximate surface area is 123 Å². The molecule has 4 atom stereocenters. The molecule has 2 rings (SSSR count). The average molecular weight is 279 g/mol. The van der Waals surface area contributed by atoms with Crippen molar-refractivity contribution in [3.8, 4) is 0 Å². The molecule has 0 radical (unpaired) electrons. The first-order chi connectivity index (χ1) is 9.49. The van der Waals surface area contributed by atoms with Gasteiger partial charge in [0.1, 0.15) is 5.78 Å². The second-order valence-corrected chi connectivity index (χ2v) is 6.91. The Morgan fingerprint density at radius 3 is 2.75 bits per heavy atom. The van der Waals surface area contributed by atoms with Gasteiger partial charge >= 0.3 is 0 Å². The van der Waals surface area contributed by atoms with Crippen LogP contribution in [-0.2, 0) is 4.79 Å². The molecule has 1 saturated carbocycles. The Hall–Kier alpha value is -0.670. The summed E-state index contributed by atoms with van der Waals surface area (Å²) < 4.78 is 0. The maximum Gasteiger partial charge on any atom is 0.135 e. The van der Waals surface area contributed by atoms with Crippen LogP contribution in [0.5, 0.6) is 0 Å². The van der Waals surface area contributed by atoms with Crippen molar-refractivity contribution in [1.29, 1.82) is 0 Å². The SMILES string of the molecule is CC(=O)[C@@H]1[C@H]2CC(CCCCCN(C)C)=C[C@H]2C[C@H]1O. The van der Waals surface area contributed by atoms with Crippen molar-refractivity contribution in [3.63, 3.8) is 0 Å². The summed E-state index contributed by atoms with van der Waals surface area (Å²) in [5.74, 6) is 0.906. The number of hydrogen-bond acceptors (Lipinski definition) is 3. The normalized spacial score (nSPS) is 32.5. The molecule has 3 heteroatoms. The predicted octanol–water partition coefficient (Wildman–Crippen LogP) is 2.64. The minimum Gasteiger partial charge on any atom is -0.392 e. The van der Waals surface area contributed by atoms with Crippen LogP contribution in [0.4, 0.5) is 0 Å². The van der Waals surface area contributed by atoms with E-state index in [9.17, 15) is 9.90 Å². The van der Waals surface area contributed by atoms with Gasteiger partial charge < -0.3 is 10.0 Å². The van der Waals surface area contributed by atoms with Crippen molar-refractivity contribution in [1.82, 2.24) is 4.90 Å². The maximum atomic E-state index is 11.7. The van der Waals surface area contributed by atoms with Crippen molar-refractivity contribution in [3.05, 3.63) is 11.6 Å². The number of hydrogen-bond donors (Lipinski definition) is 1. The van der Waals surface area contributed by atoms with Crippen molar-refractivity contribution in [2.24, 2.45) is 17.8 Å². The van der Waals surface area contributed by atoms with Crippen LogP contribution in [0.2, 0.25) is 0 Å². The predicted molar refractivity (Wildman–Crippen MR) is 81.5 cm³/mol. The Morgan fingerprint density at radius 1 is 1.35 bits per heavy atom. The van der Waals surface area contributed by atoms with Gasteiger partial charge in [0.2, 0.25) is 0 Å². The summed E-state index contributed by atoms with van der Waals surface area (Å²) in [5.41, 5.74) is 1.53. The number of aliphatic hydroxyl groups is 1. The molecule has 1 N–H and O–H groups in total. The van der Waals surface area contributed by atoms with Crippen LogP contribution >= 0.6 is 0 Å². The number of ketones is 1. The van der Waals surface area contributed by atoms with Gasteiger partial charge in [0.15, 0.2) is 0 Å². The molecule has 114 valence electrons. The molecule has 3 nitrogen and oxygen atoms in total.